The first-order valence-corrected chi connectivity index (χ1v) is 13.0. The van der Waals surface area contributed by atoms with Crippen LogP contribution >= 0.6 is 11.3 Å². The topological polar surface area (TPSA) is 69.6 Å². The third kappa shape index (κ3) is 4.23. The Morgan fingerprint density at radius 1 is 0.829 bits per heavy atom. The molecule has 2 aliphatic rings. The molecule has 4 aromatic rings. The van der Waals surface area contributed by atoms with E-state index in [-0.39, 0.29) is 17.7 Å². The van der Waals surface area contributed by atoms with Crippen LogP contribution in [0.15, 0.2) is 60.8 Å². The van der Waals surface area contributed by atoms with Crippen LogP contribution in [0.3, 0.4) is 0 Å². The molecule has 0 radical (unpaired) electrons. The zero-order valence-corrected chi connectivity index (χ0v) is 20.3. The van der Waals surface area contributed by atoms with Crippen molar-refractivity contribution >= 4 is 49.4 Å². The largest absolute Gasteiger partial charge is 0.344 e. The van der Waals surface area contributed by atoms with E-state index in [0.717, 1.165) is 57.7 Å². The first-order valence-electron chi connectivity index (χ1n) is 12.2. The van der Waals surface area contributed by atoms with Crippen LogP contribution in [0, 0.1) is 5.92 Å². The predicted molar refractivity (Wildman–Crippen MR) is 139 cm³/mol. The maximum atomic E-state index is 13.2. The van der Waals surface area contributed by atoms with Gasteiger partial charge in [0.25, 0.3) is 5.91 Å². The van der Waals surface area contributed by atoms with E-state index in [1.54, 1.807) is 17.5 Å². The number of carbonyl (C=O) groups is 2. The number of nitrogens with zero attached hydrogens (tertiary/aromatic N) is 5. The fraction of sp³-hybridized carbons (Fsp3) is 0.333. The van der Waals surface area contributed by atoms with Gasteiger partial charge in [-0.05, 0) is 41.8 Å². The minimum absolute atomic E-state index is 0.00947. The summed E-state index contributed by atoms with van der Waals surface area (Å²) >= 11 is 1.61. The highest BCUT2D eigenvalue weighted by molar-refractivity contribution is 7.21. The Morgan fingerprint density at radius 3 is 2.40 bits per heavy atom. The van der Waals surface area contributed by atoms with Gasteiger partial charge in [0.05, 0.1) is 0 Å². The van der Waals surface area contributed by atoms with Gasteiger partial charge in [-0.3, -0.25) is 9.59 Å². The number of anilines is 1. The van der Waals surface area contributed by atoms with Gasteiger partial charge < -0.3 is 14.7 Å². The molecule has 6 rings (SSSR count). The fourth-order valence-electron chi connectivity index (χ4n) is 5.18. The van der Waals surface area contributed by atoms with Crippen molar-refractivity contribution in [3.63, 3.8) is 0 Å². The number of rotatable bonds is 3. The molecule has 2 aromatic carbocycles. The van der Waals surface area contributed by atoms with Gasteiger partial charge in [-0.1, -0.05) is 47.7 Å². The second-order valence-corrected chi connectivity index (χ2v) is 10.2. The van der Waals surface area contributed by atoms with E-state index in [2.05, 4.69) is 9.88 Å². The van der Waals surface area contributed by atoms with Crippen molar-refractivity contribution in [2.24, 2.45) is 5.92 Å². The van der Waals surface area contributed by atoms with Gasteiger partial charge >= 0.3 is 0 Å². The summed E-state index contributed by atoms with van der Waals surface area (Å²) in [6.07, 6.45) is 3.24. The Kier molecular flexibility index (Phi) is 5.82. The third-order valence-electron chi connectivity index (χ3n) is 7.17. The predicted octanol–water partition coefficient (Wildman–Crippen LogP) is 4.05. The maximum Gasteiger partial charge on any atom is 0.254 e. The minimum Gasteiger partial charge on any atom is -0.344 e. The maximum absolute atomic E-state index is 13.2. The number of likely N-dealkylation sites (tertiary alicyclic amines) is 1. The minimum atomic E-state index is -0.00947. The summed E-state index contributed by atoms with van der Waals surface area (Å²) in [5.41, 5.74) is 1.67. The molecule has 2 fully saturated rings. The van der Waals surface area contributed by atoms with Gasteiger partial charge in [0.2, 0.25) is 5.91 Å². The van der Waals surface area contributed by atoms with E-state index in [1.165, 1.54) is 0 Å². The van der Waals surface area contributed by atoms with Crippen LogP contribution in [0.2, 0.25) is 0 Å². The molecule has 0 bridgehead atoms. The molecule has 0 unspecified atom stereocenters. The van der Waals surface area contributed by atoms with Crippen LogP contribution in [-0.2, 0) is 4.79 Å². The molecule has 2 saturated heterocycles. The lowest BCUT2D eigenvalue weighted by molar-refractivity contribution is -0.137. The summed E-state index contributed by atoms with van der Waals surface area (Å²) in [5.74, 6) is 0.282. The molecule has 0 spiro atoms. The van der Waals surface area contributed by atoms with Gasteiger partial charge in [0, 0.05) is 56.9 Å². The number of pyridine rings is 1. The van der Waals surface area contributed by atoms with Crippen LogP contribution in [0.1, 0.15) is 23.2 Å². The Morgan fingerprint density at radius 2 is 1.60 bits per heavy atom. The number of benzene rings is 2. The average molecular weight is 486 g/mol. The number of piperazine rings is 1. The second-order valence-electron chi connectivity index (χ2n) is 9.23. The normalized spacial score (nSPS) is 17.3. The highest BCUT2D eigenvalue weighted by Crippen LogP contribution is 2.29. The molecule has 35 heavy (non-hydrogen) atoms. The molecule has 4 heterocycles. The van der Waals surface area contributed by atoms with E-state index in [4.69, 9.17) is 4.98 Å². The van der Waals surface area contributed by atoms with Crippen molar-refractivity contribution in [3.05, 3.63) is 66.4 Å². The van der Waals surface area contributed by atoms with Crippen molar-refractivity contribution in [1.29, 1.82) is 0 Å². The Hall–Kier alpha value is -3.52. The average Bonchev–Trinajstić information content (AvgIpc) is 3.37. The number of hydrogen-bond donors (Lipinski definition) is 0. The van der Waals surface area contributed by atoms with E-state index in [0.29, 0.717) is 26.2 Å². The molecule has 178 valence electrons. The Bertz CT molecular complexity index is 1350. The van der Waals surface area contributed by atoms with Crippen LogP contribution in [0.25, 0.3) is 21.1 Å². The molecule has 0 aliphatic carbocycles. The standard InChI is InChI=1S/C27H27N5O2S/c33-25(31-15-17-32(18-16-31)27-29-23-9-4-12-28-24(23)35-27)20-10-13-30(14-11-20)26(34)22-8-3-6-19-5-1-2-7-21(19)22/h1-9,12,20H,10-11,13-18H2. The number of fused-ring (bicyclic) bond motifs is 2. The number of piperidine rings is 1. The second kappa shape index (κ2) is 9.26. The molecule has 2 aromatic heterocycles. The Labute approximate surface area is 208 Å². The number of thiazole rings is 1. The monoisotopic (exact) mass is 485 g/mol. The van der Waals surface area contributed by atoms with E-state index >= 15 is 0 Å². The molecule has 0 N–H and O–H groups in total. The van der Waals surface area contributed by atoms with Gasteiger partial charge in [-0.15, -0.1) is 0 Å². The lowest BCUT2D eigenvalue weighted by Crippen LogP contribution is -2.52. The van der Waals surface area contributed by atoms with Gasteiger partial charge in [0.1, 0.15) is 10.3 Å². The first-order chi connectivity index (χ1) is 17.2. The van der Waals surface area contributed by atoms with Crippen molar-refractivity contribution in [3.8, 4) is 0 Å². The Balaban J connectivity index is 1.05. The molecule has 8 heteroatoms. The fourth-order valence-corrected chi connectivity index (χ4v) is 6.14. The number of aromatic nitrogens is 2. The molecule has 0 saturated carbocycles. The molecular formula is C27H27N5O2S. The smallest absolute Gasteiger partial charge is 0.254 e. The summed E-state index contributed by atoms with van der Waals surface area (Å²) < 4.78 is 0. The van der Waals surface area contributed by atoms with Crippen LogP contribution in [0.5, 0.6) is 0 Å². The zero-order chi connectivity index (χ0) is 23.8. The van der Waals surface area contributed by atoms with Crippen molar-refractivity contribution < 1.29 is 9.59 Å². The highest BCUT2D eigenvalue weighted by Gasteiger charge is 2.32. The van der Waals surface area contributed by atoms with Crippen LogP contribution in [-0.4, -0.2) is 70.9 Å². The van der Waals surface area contributed by atoms with Crippen molar-refractivity contribution in [2.75, 3.05) is 44.2 Å². The SMILES string of the molecule is O=C(c1cccc2ccccc12)N1CCC(C(=O)N2CCN(c3nc4cccnc4s3)CC2)CC1. The molecule has 2 aliphatic heterocycles. The van der Waals surface area contributed by atoms with Crippen LogP contribution < -0.4 is 4.90 Å². The third-order valence-corrected chi connectivity index (χ3v) is 8.21. The summed E-state index contributed by atoms with van der Waals surface area (Å²) in [6.45, 7) is 4.22. The number of hydrogen-bond acceptors (Lipinski definition) is 6. The first kappa shape index (κ1) is 22.0. The summed E-state index contributed by atoms with van der Waals surface area (Å²) in [6, 6.07) is 17.8. The lowest BCUT2D eigenvalue weighted by Gasteiger charge is -2.38. The van der Waals surface area contributed by atoms with Gasteiger partial charge in [0.15, 0.2) is 5.13 Å². The van der Waals surface area contributed by atoms with Gasteiger partial charge in [-0.25, -0.2) is 9.97 Å². The van der Waals surface area contributed by atoms with Crippen molar-refractivity contribution in [2.45, 2.75) is 12.8 Å². The molecule has 2 amide bonds. The molecular weight excluding hydrogens is 458 g/mol. The summed E-state index contributed by atoms with van der Waals surface area (Å²) in [7, 11) is 0. The quantitative estimate of drug-likeness (QED) is 0.438. The lowest BCUT2D eigenvalue weighted by atomic mass is 9.94. The molecule has 7 nitrogen and oxygen atoms in total. The van der Waals surface area contributed by atoms with E-state index < -0.39 is 0 Å². The van der Waals surface area contributed by atoms with Crippen LogP contribution in [0.4, 0.5) is 5.13 Å². The summed E-state index contributed by atoms with van der Waals surface area (Å²) in [4.78, 5) is 42.7. The van der Waals surface area contributed by atoms with Gasteiger partial charge in [-0.2, -0.15) is 0 Å². The van der Waals surface area contributed by atoms with E-state index in [9.17, 15) is 9.59 Å². The number of amides is 2. The molecule has 0 atom stereocenters. The number of carbonyl (C=O) groups excluding carboxylic acids is 2. The summed E-state index contributed by atoms with van der Waals surface area (Å²) in [5, 5.41) is 3.04. The highest BCUT2D eigenvalue weighted by atomic mass is 32.1. The van der Waals surface area contributed by atoms with E-state index in [1.807, 2.05) is 64.4 Å². The zero-order valence-electron chi connectivity index (χ0n) is 19.5. The van der Waals surface area contributed by atoms with Crippen molar-refractivity contribution in [1.82, 2.24) is 19.8 Å².